The molecule has 0 saturated carbocycles. The average Bonchev–Trinajstić information content (AvgIpc) is 3.25. The minimum atomic E-state index is -3.68. The largest absolute Gasteiger partial charge is 0.379 e. The van der Waals surface area contributed by atoms with Gasteiger partial charge in [-0.25, -0.2) is 8.42 Å². The highest BCUT2D eigenvalue weighted by Gasteiger charge is 2.28. The maximum atomic E-state index is 12.9. The summed E-state index contributed by atoms with van der Waals surface area (Å²) in [7, 11) is -3.68. The number of hydrogen-bond acceptors (Lipinski definition) is 5. The molecule has 1 aliphatic rings. The Balaban J connectivity index is 1.78. The van der Waals surface area contributed by atoms with Crippen LogP contribution in [0, 0.1) is 11.3 Å². The summed E-state index contributed by atoms with van der Waals surface area (Å²) in [4.78, 5) is 17.3. The van der Waals surface area contributed by atoms with Gasteiger partial charge in [0.25, 0.3) is 5.91 Å². The number of ether oxygens (including phenoxy) is 1. The number of benzene rings is 1. The molecule has 152 valence electrons. The van der Waals surface area contributed by atoms with E-state index in [1.54, 1.807) is 35.2 Å². The van der Waals surface area contributed by atoms with E-state index >= 15 is 0 Å². The van der Waals surface area contributed by atoms with Gasteiger partial charge in [0.15, 0.2) is 0 Å². The van der Waals surface area contributed by atoms with Gasteiger partial charge in [0.1, 0.15) is 10.6 Å². The van der Waals surface area contributed by atoms with Crippen LogP contribution in [0.1, 0.15) is 21.6 Å². The normalized spacial score (nSPS) is 14.9. The summed E-state index contributed by atoms with van der Waals surface area (Å²) in [6.45, 7) is 5.58. The van der Waals surface area contributed by atoms with Gasteiger partial charge < -0.3 is 14.6 Å². The summed E-state index contributed by atoms with van der Waals surface area (Å²) in [5.41, 5.74) is 1.58. The van der Waals surface area contributed by atoms with E-state index < -0.39 is 10.0 Å². The number of morpholine rings is 1. The van der Waals surface area contributed by atoms with Crippen LogP contribution in [0.2, 0.25) is 0 Å². The Hall–Kier alpha value is -2.93. The van der Waals surface area contributed by atoms with Crippen molar-refractivity contribution in [1.82, 2.24) is 14.2 Å². The topological polar surface area (TPSA) is 106 Å². The fourth-order valence-corrected chi connectivity index (χ4v) is 4.44. The zero-order valence-corrected chi connectivity index (χ0v) is 16.7. The summed E-state index contributed by atoms with van der Waals surface area (Å²) in [6, 6.07) is 10.4. The van der Waals surface area contributed by atoms with Crippen molar-refractivity contribution in [1.29, 1.82) is 5.26 Å². The standard InChI is InChI=1S/C20H22N4O4S/c1-2-7-23(15-17-5-3-16(13-21)4-6-17)20(25)19-12-18(14-22-19)29(26,27)24-8-10-28-11-9-24/h2-6,12,14,22H,1,7-11,15H2. The molecular weight excluding hydrogens is 392 g/mol. The second-order valence-electron chi connectivity index (χ2n) is 6.55. The number of carbonyl (C=O) groups excluding carboxylic acids is 1. The van der Waals surface area contributed by atoms with Crippen LogP contribution in [0.4, 0.5) is 0 Å². The van der Waals surface area contributed by atoms with E-state index in [0.717, 1.165) is 5.56 Å². The molecule has 2 heterocycles. The van der Waals surface area contributed by atoms with Crippen LogP contribution in [-0.4, -0.2) is 61.4 Å². The zero-order valence-electron chi connectivity index (χ0n) is 15.9. The lowest BCUT2D eigenvalue weighted by atomic mass is 10.1. The molecule has 8 nitrogen and oxygen atoms in total. The molecule has 1 aliphatic heterocycles. The third-order valence-corrected chi connectivity index (χ3v) is 6.46. The minimum absolute atomic E-state index is 0.0553. The Morgan fingerprint density at radius 1 is 1.31 bits per heavy atom. The van der Waals surface area contributed by atoms with Gasteiger partial charge in [0.05, 0.1) is 24.8 Å². The first-order valence-electron chi connectivity index (χ1n) is 9.11. The monoisotopic (exact) mass is 414 g/mol. The fourth-order valence-electron chi connectivity index (χ4n) is 3.03. The maximum absolute atomic E-state index is 12.9. The smallest absolute Gasteiger partial charge is 0.270 e. The highest BCUT2D eigenvalue weighted by Crippen LogP contribution is 2.19. The van der Waals surface area contributed by atoms with Crippen LogP contribution < -0.4 is 0 Å². The minimum Gasteiger partial charge on any atom is -0.379 e. The molecule has 1 fully saturated rings. The highest BCUT2D eigenvalue weighted by atomic mass is 32.2. The molecule has 0 unspecified atom stereocenters. The summed E-state index contributed by atoms with van der Waals surface area (Å²) >= 11 is 0. The van der Waals surface area contributed by atoms with Crippen molar-refractivity contribution in [2.75, 3.05) is 32.8 Å². The molecular formula is C20H22N4O4S. The molecule has 2 aromatic rings. The van der Waals surface area contributed by atoms with E-state index in [1.807, 2.05) is 0 Å². The fraction of sp³-hybridized carbons (Fsp3) is 0.300. The SMILES string of the molecule is C=CCN(Cc1ccc(C#N)cc1)C(=O)c1cc(S(=O)(=O)N2CCOCC2)c[nH]1. The van der Waals surface area contributed by atoms with E-state index in [0.29, 0.717) is 31.9 Å². The zero-order chi connectivity index (χ0) is 20.9. The molecule has 1 aromatic carbocycles. The second kappa shape index (κ2) is 9.05. The van der Waals surface area contributed by atoms with Crippen LogP contribution >= 0.6 is 0 Å². The Bertz CT molecular complexity index is 1020. The predicted molar refractivity (Wildman–Crippen MR) is 106 cm³/mol. The van der Waals surface area contributed by atoms with Crippen molar-refractivity contribution >= 4 is 15.9 Å². The molecule has 0 aliphatic carbocycles. The quantitative estimate of drug-likeness (QED) is 0.695. The van der Waals surface area contributed by atoms with Gasteiger partial charge in [0, 0.05) is 32.4 Å². The van der Waals surface area contributed by atoms with Gasteiger partial charge in [0.2, 0.25) is 10.0 Å². The van der Waals surface area contributed by atoms with Gasteiger partial charge in [-0.2, -0.15) is 9.57 Å². The van der Waals surface area contributed by atoms with Crippen LogP contribution in [0.5, 0.6) is 0 Å². The van der Waals surface area contributed by atoms with Crippen LogP contribution in [0.3, 0.4) is 0 Å². The molecule has 0 atom stereocenters. The molecule has 29 heavy (non-hydrogen) atoms. The first-order chi connectivity index (χ1) is 14.0. The molecule has 1 aromatic heterocycles. The molecule has 9 heteroatoms. The van der Waals surface area contributed by atoms with Crippen molar-refractivity contribution in [3.8, 4) is 6.07 Å². The number of rotatable bonds is 7. The van der Waals surface area contributed by atoms with Crippen LogP contribution in [-0.2, 0) is 21.3 Å². The van der Waals surface area contributed by atoms with E-state index in [1.165, 1.54) is 16.6 Å². The summed E-state index contributed by atoms with van der Waals surface area (Å²) in [6.07, 6.45) is 2.95. The maximum Gasteiger partial charge on any atom is 0.270 e. The van der Waals surface area contributed by atoms with E-state index in [4.69, 9.17) is 10.00 Å². The molecule has 0 radical (unpaired) electrons. The van der Waals surface area contributed by atoms with Gasteiger partial charge in [-0.05, 0) is 23.8 Å². The Morgan fingerprint density at radius 3 is 2.62 bits per heavy atom. The first kappa shape index (κ1) is 20.8. The predicted octanol–water partition coefficient (Wildman–Crippen LogP) is 1.74. The van der Waals surface area contributed by atoms with Gasteiger partial charge in [-0.15, -0.1) is 6.58 Å². The number of aromatic nitrogens is 1. The number of amides is 1. The Morgan fingerprint density at radius 2 is 2.00 bits per heavy atom. The summed E-state index contributed by atoms with van der Waals surface area (Å²) < 4.78 is 32.1. The van der Waals surface area contributed by atoms with Crippen LogP contribution in [0.15, 0.2) is 54.1 Å². The summed E-state index contributed by atoms with van der Waals surface area (Å²) in [5.74, 6) is -0.335. The van der Waals surface area contributed by atoms with Gasteiger partial charge >= 0.3 is 0 Å². The number of carbonyl (C=O) groups is 1. The lowest BCUT2D eigenvalue weighted by Gasteiger charge is -2.25. The average molecular weight is 414 g/mol. The molecule has 0 bridgehead atoms. The number of nitrogens with zero attached hydrogens (tertiary/aromatic N) is 3. The third kappa shape index (κ3) is 4.74. The number of H-pyrrole nitrogens is 1. The number of nitrogens with one attached hydrogen (secondary N) is 1. The van der Waals surface area contributed by atoms with E-state index in [9.17, 15) is 13.2 Å². The Labute approximate surface area is 170 Å². The third-order valence-electron chi connectivity index (χ3n) is 4.59. The molecule has 1 N–H and O–H groups in total. The van der Waals surface area contributed by atoms with Crippen molar-refractivity contribution < 1.29 is 17.9 Å². The van der Waals surface area contributed by atoms with E-state index in [-0.39, 0.29) is 29.6 Å². The number of aromatic amines is 1. The number of hydrogen-bond donors (Lipinski definition) is 1. The molecule has 1 saturated heterocycles. The number of nitriles is 1. The van der Waals surface area contributed by atoms with Gasteiger partial charge in [-0.3, -0.25) is 4.79 Å². The number of sulfonamides is 1. The second-order valence-corrected chi connectivity index (χ2v) is 8.49. The van der Waals surface area contributed by atoms with Crippen LogP contribution in [0.25, 0.3) is 0 Å². The van der Waals surface area contributed by atoms with Crippen molar-refractivity contribution in [3.05, 3.63) is 66.0 Å². The van der Waals surface area contributed by atoms with Crippen molar-refractivity contribution in [3.63, 3.8) is 0 Å². The first-order valence-corrected chi connectivity index (χ1v) is 10.5. The molecule has 3 rings (SSSR count). The lowest BCUT2D eigenvalue weighted by molar-refractivity contribution is 0.0730. The molecule has 1 amide bonds. The van der Waals surface area contributed by atoms with Crippen molar-refractivity contribution in [2.24, 2.45) is 0 Å². The lowest BCUT2D eigenvalue weighted by Crippen LogP contribution is -2.40. The van der Waals surface area contributed by atoms with Crippen molar-refractivity contribution in [2.45, 2.75) is 11.4 Å². The van der Waals surface area contributed by atoms with Gasteiger partial charge in [-0.1, -0.05) is 18.2 Å². The highest BCUT2D eigenvalue weighted by molar-refractivity contribution is 7.89. The van der Waals surface area contributed by atoms with E-state index in [2.05, 4.69) is 17.6 Å². The Kier molecular flexibility index (Phi) is 6.49. The summed E-state index contributed by atoms with van der Waals surface area (Å²) in [5, 5.41) is 8.90. The molecule has 0 spiro atoms.